The van der Waals surface area contributed by atoms with Gasteiger partial charge in [0.25, 0.3) is 5.91 Å². The Morgan fingerprint density at radius 3 is 2.76 bits per heavy atom. The molecule has 0 spiro atoms. The monoisotopic (exact) mass is 498 g/mol. The van der Waals surface area contributed by atoms with Crippen molar-refractivity contribution in [3.05, 3.63) is 73.7 Å². The molecule has 1 aromatic heterocycles. The van der Waals surface area contributed by atoms with Crippen LogP contribution in [-0.4, -0.2) is 22.7 Å². The first kappa shape index (κ1) is 21.3. The van der Waals surface area contributed by atoms with Crippen molar-refractivity contribution in [2.45, 2.75) is 35.5 Å². The first-order valence-electron chi connectivity index (χ1n) is 11.2. The molecule has 5 nitrogen and oxygen atoms in total. The summed E-state index contributed by atoms with van der Waals surface area (Å²) in [7, 11) is 0. The SMILES string of the molecule is O=C(COc1ccccc1[C@@H]1c2sc(=O)[nH]c2S[C@@H]2[C@H]3CC[C@@H](C3)[C@@H]12)Nc1ccc(Cl)cc1. The summed E-state index contributed by atoms with van der Waals surface area (Å²) in [5, 5.41) is 5.03. The van der Waals surface area contributed by atoms with E-state index in [1.165, 1.54) is 30.6 Å². The summed E-state index contributed by atoms with van der Waals surface area (Å²) >= 11 is 9.12. The molecular formula is C25H23ClN2O3S2. The molecule has 2 fully saturated rings. The van der Waals surface area contributed by atoms with Gasteiger partial charge in [0.05, 0.1) is 5.03 Å². The number of rotatable bonds is 5. The minimum Gasteiger partial charge on any atom is -0.483 e. The predicted octanol–water partition coefficient (Wildman–Crippen LogP) is 5.76. The van der Waals surface area contributed by atoms with Gasteiger partial charge in [-0.05, 0) is 67.3 Å². The molecule has 0 unspecified atom stereocenters. The van der Waals surface area contributed by atoms with E-state index in [1.807, 2.05) is 30.0 Å². The second-order valence-corrected chi connectivity index (χ2v) is 11.7. The van der Waals surface area contributed by atoms with Gasteiger partial charge >= 0.3 is 4.87 Å². The van der Waals surface area contributed by atoms with Crippen molar-refractivity contribution in [1.29, 1.82) is 0 Å². The van der Waals surface area contributed by atoms with E-state index in [0.717, 1.165) is 21.4 Å². The second kappa shape index (κ2) is 8.53. The Morgan fingerprint density at radius 2 is 1.91 bits per heavy atom. The number of H-pyrrole nitrogens is 1. The topological polar surface area (TPSA) is 71.2 Å². The van der Waals surface area contributed by atoms with Crippen LogP contribution in [0.25, 0.3) is 0 Å². The molecule has 3 aliphatic rings. The normalized spacial score (nSPS) is 27.1. The Hall–Kier alpha value is -2.22. The summed E-state index contributed by atoms with van der Waals surface area (Å²) in [6, 6.07) is 15.0. The quantitative estimate of drug-likeness (QED) is 0.469. The van der Waals surface area contributed by atoms with Crippen molar-refractivity contribution in [3.8, 4) is 5.75 Å². The molecular weight excluding hydrogens is 476 g/mol. The molecule has 2 aromatic carbocycles. The van der Waals surface area contributed by atoms with Crippen LogP contribution in [-0.2, 0) is 4.79 Å². The Labute approximate surface area is 204 Å². The summed E-state index contributed by atoms with van der Waals surface area (Å²) in [4.78, 5) is 29.0. The minimum atomic E-state index is -0.226. The summed E-state index contributed by atoms with van der Waals surface area (Å²) in [6.45, 7) is -0.0858. The maximum absolute atomic E-state index is 12.5. The average molecular weight is 499 g/mol. The lowest BCUT2D eigenvalue weighted by Crippen LogP contribution is -2.34. The van der Waals surface area contributed by atoms with Crippen molar-refractivity contribution >= 4 is 46.3 Å². The van der Waals surface area contributed by atoms with E-state index in [1.54, 1.807) is 24.3 Å². The van der Waals surface area contributed by atoms with Crippen LogP contribution in [0.3, 0.4) is 0 Å². The molecule has 2 saturated carbocycles. The number of anilines is 1. The summed E-state index contributed by atoms with van der Waals surface area (Å²) in [6.07, 6.45) is 3.84. The number of fused-ring (bicyclic) bond motifs is 6. The molecule has 6 rings (SSSR count). The molecule has 1 amide bonds. The number of benzene rings is 2. The number of para-hydroxylation sites is 1. The standard InChI is InChI=1S/C25H23ClN2O3S2/c26-15-7-9-16(10-8-15)27-19(29)12-31-18-4-2-1-3-17(18)21-20-13-5-6-14(11-13)22(20)32-24-23(21)33-25(30)28-24/h1-4,7-10,13-14,20-22H,5-6,11-12H2,(H,27,29)(H,28,30)/t13-,14-,20-,21-,22+/m0/s1. The van der Waals surface area contributed by atoms with Crippen molar-refractivity contribution in [2.75, 3.05) is 11.9 Å². The van der Waals surface area contributed by atoms with Crippen LogP contribution < -0.4 is 14.9 Å². The number of aromatic amines is 1. The fraction of sp³-hybridized carbons (Fsp3) is 0.360. The number of ether oxygens (including phenoxy) is 1. The van der Waals surface area contributed by atoms with Gasteiger partial charge in [-0.1, -0.05) is 41.1 Å². The third-order valence-electron chi connectivity index (χ3n) is 7.21. The number of aromatic nitrogens is 1. The van der Waals surface area contributed by atoms with E-state index in [2.05, 4.69) is 16.4 Å². The van der Waals surface area contributed by atoms with E-state index in [-0.39, 0.29) is 23.3 Å². The molecule has 0 radical (unpaired) electrons. The maximum atomic E-state index is 12.5. The van der Waals surface area contributed by atoms with Crippen molar-refractivity contribution in [1.82, 2.24) is 4.98 Å². The van der Waals surface area contributed by atoms with Crippen LogP contribution in [0.2, 0.25) is 5.02 Å². The number of thioether (sulfide) groups is 1. The number of carbonyl (C=O) groups excluding carboxylic acids is 1. The number of halogens is 1. The lowest BCUT2D eigenvalue weighted by Gasteiger charge is -2.40. The van der Waals surface area contributed by atoms with Gasteiger partial charge < -0.3 is 15.0 Å². The van der Waals surface area contributed by atoms with Crippen molar-refractivity contribution < 1.29 is 9.53 Å². The number of amides is 1. The Balaban J connectivity index is 1.28. The smallest absolute Gasteiger partial charge is 0.305 e. The highest BCUT2D eigenvalue weighted by Crippen LogP contribution is 2.64. The largest absolute Gasteiger partial charge is 0.483 e. The number of thiazole rings is 1. The second-order valence-electron chi connectivity index (χ2n) is 9.06. The molecule has 33 heavy (non-hydrogen) atoms. The summed E-state index contributed by atoms with van der Waals surface area (Å²) < 4.78 is 6.07. The molecule has 2 aliphatic carbocycles. The van der Waals surface area contributed by atoms with E-state index >= 15 is 0 Å². The Kier molecular flexibility index (Phi) is 5.51. The van der Waals surface area contributed by atoms with E-state index in [4.69, 9.17) is 16.3 Å². The Bertz CT molecular complexity index is 1260. The number of hydrogen-bond acceptors (Lipinski definition) is 5. The third kappa shape index (κ3) is 3.90. The zero-order valence-electron chi connectivity index (χ0n) is 17.8. The van der Waals surface area contributed by atoms with Gasteiger partial charge in [0.1, 0.15) is 5.75 Å². The molecule has 5 atom stereocenters. The molecule has 2 heterocycles. The van der Waals surface area contributed by atoms with Crippen LogP contribution in [0.1, 0.15) is 35.6 Å². The fourth-order valence-electron chi connectivity index (χ4n) is 5.94. The average Bonchev–Trinajstić information content (AvgIpc) is 3.52. The number of carbonyl (C=O) groups is 1. The Morgan fingerprint density at radius 1 is 1.12 bits per heavy atom. The fourth-order valence-corrected chi connectivity index (χ4v) is 8.95. The molecule has 2 N–H and O–H groups in total. The molecule has 0 saturated heterocycles. The lowest BCUT2D eigenvalue weighted by atomic mass is 9.74. The summed E-state index contributed by atoms with van der Waals surface area (Å²) in [5.41, 5.74) is 1.76. The third-order valence-corrected chi connectivity index (χ3v) is 10.1. The zero-order chi connectivity index (χ0) is 22.5. The van der Waals surface area contributed by atoms with E-state index < -0.39 is 0 Å². The first-order valence-corrected chi connectivity index (χ1v) is 13.3. The van der Waals surface area contributed by atoms with Gasteiger partial charge in [-0.2, -0.15) is 0 Å². The molecule has 8 heteroatoms. The van der Waals surface area contributed by atoms with Crippen LogP contribution in [0.5, 0.6) is 5.75 Å². The van der Waals surface area contributed by atoms with Crippen molar-refractivity contribution in [3.63, 3.8) is 0 Å². The molecule has 170 valence electrons. The molecule has 3 aromatic rings. The maximum Gasteiger partial charge on any atom is 0.305 e. The van der Waals surface area contributed by atoms with Gasteiger partial charge in [-0.3, -0.25) is 9.59 Å². The number of nitrogens with one attached hydrogen (secondary N) is 2. The van der Waals surface area contributed by atoms with Gasteiger partial charge in [0, 0.05) is 32.3 Å². The number of hydrogen-bond donors (Lipinski definition) is 2. The van der Waals surface area contributed by atoms with Gasteiger partial charge in [-0.15, -0.1) is 11.8 Å². The zero-order valence-corrected chi connectivity index (χ0v) is 20.1. The highest BCUT2D eigenvalue weighted by atomic mass is 35.5. The van der Waals surface area contributed by atoms with Crippen LogP contribution in [0, 0.1) is 17.8 Å². The lowest BCUT2D eigenvalue weighted by molar-refractivity contribution is -0.118. The van der Waals surface area contributed by atoms with Crippen LogP contribution in [0.4, 0.5) is 5.69 Å². The first-order chi connectivity index (χ1) is 16.1. The van der Waals surface area contributed by atoms with Gasteiger partial charge in [0.15, 0.2) is 6.61 Å². The van der Waals surface area contributed by atoms with Crippen LogP contribution >= 0.6 is 34.7 Å². The predicted molar refractivity (Wildman–Crippen MR) is 133 cm³/mol. The highest BCUT2D eigenvalue weighted by Gasteiger charge is 2.55. The van der Waals surface area contributed by atoms with E-state index in [0.29, 0.717) is 33.5 Å². The summed E-state index contributed by atoms with van der Waals surface area (Å²) in [5.74, 6) is 2.53. The van der Waals surface area contributed by atoms with Gasteiger partial charge in [-0.25, -0.2) is 0 Å². The van der Waals surface area contributed by atoms with E-state index in [9.17, 15) is 9.59 Å². The van der Waals surface area contributed by atoms with Gasteiger partial charge in [0.2, 0.25) is 0 Å². The van der Waals surface area contributed by atoms with Crippen LogP contribution in [0.15, 0.2) is 58.4 Å². The molecule has 2 bridgehead atoms. The van der Waals surface area contributed by atoms with Crippen molar-refractivity contribution in [2.24, 2.45) is 17.8 Å². The minimum absolute atomic E-state index is 0.00515. The highest BCUT2D eigenvalue weighted by molar-refractivity contribution is 8.00. The molecule has 1 aliphatic heterocycles.